The number of amides is 1. The third kappa shape index (κ3) is 3.82. The van der Waals surface area contributed by atoms with Crippen LogP contribution in [-0.2, 0) is 15.1 Å². The van der Waals surface area contributed by atoms with Gasteiger partial charge in [0.05, 0.1) is 17.8 Å². The van der Waals surface area contributed by atoms with E-state index in [0.29, 0.717) is 5.69 Å². The summed E-state index contributed by atoms with van der Waals surface area (Å²) in [7, 11) is 0. The standard InChI is InChI=1S/C18H23N3O3/c1-4-8-15(13-9-6-5-7-10-13)16(22)20-14-11-19-21(12-14)18(2,3)17(23)24/h5-7,9-12,15H,4,8H2,1-3H3,(H,20,22)(H,23,24). The minimum absolute atomic E-state index is 0.115. The summed E-state index contributed by atoms with van der Waals surface area (Å²) < 4.78 is 1.34. The number of aliphatic carboxylic acids is 1. The second-order valence-electron chi connectivity index (χ2n) is 6.28. The quantitative estimate of drug-likeness (QED) is 0.817. The average molecular weight is 329 g/mol. The van der Waals surface area contributed by atoms with Crippen molar-refractivity contribution in [3.8, 4) is 0 Å². The molecule has 1 heterocycles. The second kappa shape index (κ2) is 7.29. The van der Waals surface area contributed by atoms with E-state index in [-0.39, 0.29) is 11.8 Å². The van der Waals surface area contributed by atoms with Crippen molar-refractivity contribution in [3.05, 3.63) is 48.3 Å². The summed E-state index contributed by atoms with van der Waals surface area (Å²) in [5.74, 6) is -1.35. The third-order valence-corrected chi connectivity index (χ3v) is 4.04. The van der Waals surface area contributed by atoms with E-state index >= 15 is 0 Å². The molecular weight excluding hydrogens is 306 g/mol. The molecule has 1 aromatic heterocycles. The lowest BCUT2D eigenvalue weighted by Crippen LogP contribution is -2.35. The monoisotopic (exact) mass is 329 g/mol. The van der Waals surface area contributed by atoms with E-state index in [0.717, 1.165) is 18.4 Å². The molecule has 2 N–H and O–H groups in total. The fourth-order valence-corrected chi connectivity index (χ4v) is 2.44. The van der Waals surface area contributed by atoms with Gasteiger partial charge >= 0.3 is 5.97 Å². The van der Waals surface area contributed by atoms with E-state index in [1.807, 2.05) is 37.3 Å². The van der Waals surface area contributed by atoms with E-state index in [2.05, 4.69) is 10.4 Å². The zero-order valence-corrected chi connectivity index (χ0v) is 14.2. The van der Waals surface area contributed by atoms with Crippen LogP contribution in [0, 0.1) is 0 Å². The van der Waals surface area contributed by atoms with Gasteiger partial charge in [-0.25, -0.2) is 4.79 Å². The van der Waals surface area contributed by atoms with Crippen molar-refractivity contribution in [1.82, 2.24) is 9.78 Å². The molecule has 6 heteroatoms. The molecule has 0 aliphatic heterocycles. The minimum Gasteiger partial charge on any atom is -0.479 e. The Kier molecular flexibility index (Phi) is 5.39. The number of nitrogens with zero attached hydrogens (tertiary/aromatic N) is 2. The lowest BCUT2D eigenvalue weighted by Gasteiger charge is -2.19. The van der Waals surface area contributed by atoms with Gasteiger partial charge in [-0.3, -0.25) is 9.48 Å². The van der Waals surface area contributed by atoms with Crippen molar-refractivity contribution in [2.24, 2.45) is 0 Å². The minimum atomic E-state index is -1.18. The van der Waals surface area contributed by atoms with Crippen molar-refractivity contribution in [1.29, 1.82) is 0 Å². The van der Waals surface area contributed by atoms with Crippen molar-refractivity contribution >= 4 is 17.6 Å². The van der Waals surface area contributed by atoms with E-state index in [9.17, 15) is 14.7 Å². The van der Waals surface area contributed by atoms with Gasteiger partial charge in [-0.1, -0.05) is 43.7 Å². The highest BCUT2D eigenvalue weighted by atomic mass is 16.4. The molecule has 0 saturated carbocycles. The van der Waals surface area contributed by atoms with Crippen LogP contribution in [0.25, 0.3) is 0 Å². The molecule has 0 aliphatic carbocycles. The fourth-order valence-electron chi connectivity index (χ4n) is 2.44. The van der Waals surface area contributed by atoms with Crippen molar-refractivity contribution in [2.75, 3.05) is 5.32 Å². The van der Waals surface area contributed by atoms with Crippen LogP contribution >= 0.6 is 0 Å². The van der Waals surface area contributed by atoms with Crippen LogP contribution in [0.2, 0.25) is 0 Å². The van der Waals surface area contributed by atoms with Crippen LogP contribution in [0.15, 0.2) is 42.7 Å². The molecule has 1 aromatic carbocycles. The number of carboxylic acid groups (broad SMARTS) is 1. The van der Waals surface area contributed by atoms with Gasteiger partial charge < -0.3 is 10.4 Å². The Bertz CT molecular complexity index is 707. The van der Waals surface area contributed by atoms with Crippen molar-refractivity contribution in [2.45, 2.75) is 45.1 Å². The largest absolute Gasteiger partial charge is 0.479 e. The number of benzene rings is 1. The summed E-state index contributed by atoms with van der Waals surface area (Å²) in [6, 6.07) is 9.63. The number of carbonyl (C=O) groups is 2. The van der Waals surface area contributed by atoms with Crippen molar-refractivity contribution < 1.29 is 14.7 Å². The second-order valence-corrected chi connectivity index (χ2v) is 6.28. The van der Waals surface area contributed by atoms with Gasteiger partial charge in [0, 0.05) is 6.20 Å². The maximum absolute atomic E-state index is 12.6. The molecule has 1 unspecified atom stereocenters. The highest BCUT2D eigenvalue weighted by Gasteiger charge is 2.30. The van der Waals surface area contributed by atoms with Gasteiger partial charge in [0.2, 0.25) is 5.91 Å². The van der Waals surface area contributed by atoms with Crippen LogP contribution in [0.1, 0.15) is 45.1 Å². The molecule has 2 rings (SSSR count). The lowest BCUT2D eigenvalue weighted by atomic mass is 9.93. The van der Waals surface area contributed by atoms with Crippen molar-refractivity contribution in [3.63, 3.8) is 0 Å². The predicted octanol–water partition coefficient (Wildman–Crippen LogP) is 3.23. The highest BCUT2D eigenvalue weighted by Crippen LogP contribution is 2.24. The first kappa shape index (κ1) is 17.7. The Morgan fingerprint density at radius 1 is 1.29 bits per heavy atom. The number of carboxylic acids is 1. The summed E-state index contributed by atoms with van der Waals surface area (Å²) in [4.78, 5) is 23.9. The van der Waals surface area contributed by atoms with E-state index in [1.165, 1.54) is 10.9 Å². The molecule has 1 atom stereocenters. The molecule has 0 aliphatic rings. The van der Waals surface area contributed by atoms with Crippen LogP contribution in [-0.4, -0.2) is 26.8 Å². The van der Waals surface area contributed by atoms with Gasteiger partial charge in [0.1, 0.15) is 0 Å². The van der Waals surface area contributed by atoms with Gasteiger partial charge in [0.15, 0.2) is 5.54 Å². The number of rotatable bonds is 7. The first-order valence-corrected chi connectivity index (χ1v) is 8.00. The zero-order chi connectivity index (χ0) is 17.7. The number of carbonyl (C=O) groups excluding carboxylic acids is 1. The Morgan fingerprint density at radius 3 is 2.54 bits per heavy atom. The SMILES string of the molecule is CCCC(C(=O)Nc1cnn(C(C)(C)C(=O)O)c1)c1ccccc1. The molecule has 1 amide bonds. The number of aromatic nitrogens is 2. The molecule has 2 aromatic rings. The maximum atomic E-state index is 12.6. The first-order chi connectivity index (χ1) is 11.4. The Balaban J connectivity index is 2.16. The van der Waals surface area contributed by atoms with Gasteiger partial charge in [-0.15, -0.1) is 0 Å². The molecule has 0 bridgehead atoms. The third-order valence-electron chi connectivity index (χ3n) is 4.04. The zero-order valence-electron chi connectivity index (χ0n) is 14.2. The molecule has 0 radical (unpaired) electrons. The summed E-state index contributed by atoms with van der Waals surface area (Å²) in [5.41, 5.74) is 0.284. The fraction of sp³-hybridized carbons (Fsp3) is 0.389. The summed E-state index contributed by atoms with van der Waals surface area (Å²) >= 11 is 0. The molecule has 0 spiro atoms. The van der Waals surface area contributed by atoms with Crippen LogP contribution in [0.5, 0.6) is 0 Å². The van der Waals surface area contributed by atoms with Crippen LogP contribution in [0.3, 0.4) is 0 Å². The van der Waals surface area contributed by atoms with Crippen LogP contribution < -0.4 is 5.32 Å². The molecule has 0 fully saturated rings. The highest BCUT2D eigenvalue weighted by molar-refractivity contribution is 5.95. The first-order valence-electron chi connectivity index (χ1n) is 8.00. The summed E-state index contributed by atoms with van der Waals surface area (Å²) in [6.45, 7) is 5.15. The predicted molar refractivity (Wildman–Crippen MR) is 91.9 cm³/mol. The van der Waals surface area contributed by atoms with E-state index < -0.39 is 11.5 Å². The normalized spacial score (nSPS) is 12.6. The Morgan fingerprint density at radius 2 is 1.96 bits per heavy atom. The van der Waals surface area contributed by atoms with Gasteiger partial charge in [-0.05, 0) is 25.8 Å². The molecular formula is C18H23N3O3. The molecule has 24 heavy (non-hydrogen) atoms. The topological polar surface area (TPSA) is 84.2 Å². The van der Waals surface area contributed by atoms with Gasteiger partial charge in [0.25, 0.3) is 0 Å². The number of hydrogen-bond acceptors (Lipinski definition) is 3. The smallest absolute Gasteiger partial charge is 0.331 e. The van der Waals surface area contributed by atoms with Gasteiger partial charge in [-0.2, -0.15) is 5.10 Å². The molecule has 6 nitrogen and oxygen atoms in total. The average Bonchev–Trinajstić information content (AvgIpc) is 3.02. The molecule has 0 saturated heterocycles. The van der Waals surface area contributed by atoms with Crippen LogP contribution in [0.4, 0.5) is 5.69 Å². The number of hydrogen-bond donors (Lipinski definition) is 2. The molecule has 128 valence electrons. The number of nitrogens with one attached hydrogen (secondary N) is 1. The Labute approximate surface area is 141 Å². The number of anilines is 1. The van der Waals surface area contributed by atoms with E-state index in [1.54, 1.807) is 20.0 Å². The lowest BCUT2D eigenvalue weighted by molar-refractivity contribution is -0.146. The maximum Gasteiger partial charge on any atom is 0.331 e. The summed E-state index contributed by atoms with van der Waals surface area (Å²) in [6.07, 6.45) is 4.64. The summed E-state index contributed by atoms with van der Waals surface area (Å²) in [5, 5.41) is 16.1. The van der Waals surface area contributed by atoms with E-state index in [4.69, 9.17) is 0 Å². The Hall–Kier alpha value is -2.63.